The quantitative estimate of drug-likeness (QED) is 0.659. The zero-order valence-corrected chi connectivity index (χ0v) is 10.7. The van der Waals surface area contributed by atoms with Crippen LogP contribution in [0.1, 0.15) is 39.5 Å². The summed E-state index contributed by atoms with van der Waals surface area (Å²) in [6, 6.07) is 2.02. The van der Waals surface area contributed by atoms with Gasteiger partial charge in [0.15, 0.2) is 0 Å². The van der Waals surface area contributed by atoms with Crippen molar-refractivity contribution in [1.82, 2.24) is 10.6 Å². The van der Waals surface area contributed by atoms with Crippen LogP contribution in [0.3, 0.4) is 0 Å². The highest BCUT2D eigenvalue weighted by Crippen LogP contribution is 2.30. The molecule has 2 aliphatic heterocycles. The van der Waals surface area contributed by atoms with Crippen molar-refractivity contribution in [3.8, 4) is 0 Å². The smallest absolute Gasteiger partial charge is 0.0139 e. The molecule has 5 atom stereocenters. The number of hydrogen-bond donors (Lipinski definition) is 3. The topological polar surface area (TPSA) is 50.1 Å². The molecule has 16 heavy (non-hydrogen) atoms. The molecule has 0 radical (unpaired) electrons. The van der Waals surface area contributed by atoms with Crippen molar-refractivity contribution in [2.75, 3.05) is 13.1 Å². The molecule has 0 bridgehead atoms. The molecule has 5 unspecified atom stereocenters. The minimum Gasteiger partial charge on any atom is -0.330 e. The lowest BCUT2D eigenvalue weighted by molar-refractivity contribution is 0.145. The zero-order valence-electron chi connectivity index (χ0n) is 10.7. The first-order valence-corrected chi connectivity index (χ1v) is 6.90. The van der Waals surface area contributed by atoms with Gasteiger partial charge in [-0.2, -0.15) is 0 Å². The van der Waals surface area contributed by atoms with Crippen molar-refractivity contribution >= 4 is 0 Å². The van der Waals surface area contributed by atoms with E-state index >= 15 is 0 Å². The van der Waals surface area contributed by atoms with Gasteiger partial charge in [-0.05, 0) is 64.5 Å². The Kier molecular flexibility index (Phi) is 4.22. The molecule has 0 aliphatic carbocycles. The first kappa shape index (κ1) is 12.3. The van der Waals surface area contributed by atoms with Gasteiger partial charge < -0.3 is 16.4 Å². The van der Waals surface area contributed by atoms with Crippen molar-refractivity contribution in [2.24, 2.45) is 17.6 Å². The molecule has 3 nitrogen and oxygen atoms in total. The second-order valence-electron chi connectivity index (χ2n) is 5.81. The molecule has 0 aromatic rings. The van der Waals surface area contributed by atoms with Gasteiger partial charge >= 0.3 is 0 Å². The summed E-state index contributed by atoms with van der Waals surface area (Å²) in [4.78, 5) is 0. The molecule has 0 spiro atoms. The Morgan fingerprint density at radius 1 is 1.12 bits per heavy atom. The van der Waals surface area contributed by atoms with Crippen molar-refractivity contribution < 1.29 is 0 Å². The monoisotopic (exact) mass is 225 g/mol. The van der Waals surface area contributed by atoms with E-state index in [4.69, 9.17) is 5.73 Å². The minimum absolute atomic E-state index is 0.665. The molecule has 2 fully saturated rings. The van der Waals surface area contributed by atoms with Gasteiger partial charge in [0.2, 0.25) is 0 Å². The molecule has 2 heterocycles. The normalized spacial score (nSPS) is 45.6. The van der Waals surface area contributed by atoms with Crippen molar-refractivity contribution in [3.05, 3.63) is 0 Å². The van der Waals surface area contributed by atoms with Crippen LogP contribution in [0.2, 0.25) is 0 Å². The average Bonchev–Trinajstić information content (AvgIpc) is 2.29. The highest BCUT2D eigenvalue weighted by atomic mass is 15.0. The predicted octanol–water partition coefficient (Wildman–Crippen LogP) is 1.09. The van der Waals surface area contributed by atoms with Crippen LogP contribution in [0.15, 0.2) is 0 Å². The largest absolute Gasteiger partial charge is 0.330 e. The van der Waals surface area contributed by atoms with Gasteiger partial charge in [-0.15, -0.1) is 0 Å². The third-order valence-electron chi connectivity index (χ3n) is 4.43. The number of piperidine rings is 2. The summed E-state index contributed by atoms with van der Waals surface area (Å²) < 4.78 is 0. The summed E-state index contributed by atoms with van der Waals surface area (Å²) in [5, 5.41) is 7.34. The van der Waals surface area contributed by atoms with Crippen LogP contribution < -0.4 is 16.4 Å². The molecule has 0 aromatic heterocycles. The second-order valence-corrected chi connectivity index (χ2v) is 5.81. The standard InChI is InChI=1S/C13H27N3/c1-9-3-4-12(8-14)13(16-9)11-5-6-15-10(2)7-11/h9-13,15-16H,3-8,14H2,1-2H3. The van der Waals surface area contributed by atoms with Gasteiger partial charge in [0.1, 0.15) is 0 Å². The number of nitrogens with two attached hydrogens (primary N) is 1. The molecule has 4 N–H and O–H groups in total. The Balaban J connectivity index is 1.98. The Morgan fingerprint density at radius 2 is 1.94 bits per heavy atom. The van der Waals surface area contributed by atoms with E-state index in [2.05, 4.69) is 24.5 Å². The average molecular weight is 225 g/mol. The van der Waals surface area contributed by atoms with Crippen LogP contribution in [0.25, 0.3) is 0 Å². The molecule has 0 amide bonds. The maximum Gasteiger partial charge on any atom is 0.0139 e. The maximum absolute atomic E-state index is 5.92. The first-order chi connectivity index (χ1) is 7.70. The van der Waals surface area contributed by atoms with E-state index in [1.807, 2.05) is 0 Å². The number of rotatable bonds is 2. The van der Waals surface area contributed by atoms with Crippen LogP contribution >= 0.6 is 0 Å². The molecule has 2 rings (SSSR count). The van der Waals surface area contributed by atoms with Crippen molar-refractivity contribution in [3.63, 3.8) is 0 Å². The van der Waals surface area contributed by atoms with E-state index in [-0.39, 0.29) is 0 Å². The Morgan fingerprint density at radius 3 is 2.62 bits per heavy atom. The Hall–Kier alpha value is -0.120. The lowest BCUT2D eigenvalue weighted by atomic mass is 9.76. The Bertz CT molecular complexity index is 219. The molecule has 94 valence electrons. The Labute approximate surface area is 99.5 Å². The first-order valence-electron chi connectivity index (χ1n) is 6.90. The van der Waals surface area contributed by atoms with Crippen LogP contribution in [0, 0.1) is 11.8 Å². The number of nitrogens with one attached hydrogen (secondary N) is 2. The minimum atomic E-state index is 0.665. The van der Waals surface area contributed by atoms with Gasteiger partial charge in [-0.3, -0.25) is 0 Å². The fraction of sp³-hybridized carbons (Fsp3) is 1.00. The fourth-order valence-electron chi connectivity index (χ4n) is 3.47. The third-order valence-corrected chi connectivity index (χ3v) is 4.43. The van der Waals surface area contributed by atoms with Crippen LogP contribution in [0.4, 0.5) is 0 Å². The van der Waals surface area contributed by atoms with Crippen LogP contribution in [-0.4, -0.2) is 31.2 Å². The molecule has 0 aromatic carbocycles. The third kappa shape index (κ3) is 2.76. The highest BCUT2D eigenvalue weighted by molar-refractivity contribution is 4.93. The summed E-state index contributed by atoms with van der Waals surface area (Å²) in [7, 11) is 0. The van der Waals surface area contributed by atoms with E-state index in [1.54, 1.807) is 0 Å². The molecule has 2 aliphatic rings. The van der Waals surface area contributed by atoms with Gasteiger partial charge in [0.25, 0.3) is 0 Å². The van der Waals surface area contributed by atoms with E-state index in [1.165, 1.54) is 32.2 Å². The van der Waals surface area contributed by atoms with E-state index in [0.29, 0.717) is 24.0 Å². The van der Waals surface area contributed by atoms with Gasteiger partial charge in [-0.1, -0.05) is 0 Å². The van der Waals surface area contributed by atoms with Crippen LogP contribution in [0.5, 0.6) is 0 Å². The van der Waals surface area contributed by atoms with E-state index in [9.17, 15) is 0 Å². The molecular formula is C13H27N3. The van der Waals surface area contributed by atoms with E-state index in [0.717, 1.165) is 12.5 Å². The zero-order chi connectivity index (χ0) is 11.5. The van der Waals surface area contributed by atoms with Crippen molar-refractivity contribution in [1.29, 1.82) is 0 Å². The summed E-state index contributed by atoms with van der Waals surface area (Å²) in [6.07, 6.45) is 5.22. The molecule has 0 saturated carbocycles. The summed E-state index contributed by atoms with van der Waals surface area (Å²) in [6.45, 7) is 6.64. The summed E-state index contributed by atoms with van der Waals surface area (Å²) >= 11 is 0. The predicted molar refractivity (Wildman–Crippen MR) is 68.4 cm³/mol. The van der Waals surface area contributed by atoms with Gasteiger partial charge in [0, 0.05) is 18.1 Å². The molecular weight excluding hydrogens is 198 g/mol. The van der Waals surface area contributed by atoms with Gasteiger partial charge in [-0.25, -0.2) is 0 Å². The maximum atomic E-state index is 5.92. The second kappa shape index (κ2) is 5.48. The van der Waals surface area contributed by atoms with Gasteiger partial charge in [0.05, 0.1) is 0 Å². The van der Waals surface area contributed by atoms with E-state index < -0.39 is 0 Å². The van der Waals surface area contributed by atoms with Crippen molar-refractivity contribution in [2.45, 2.75) is 57.7 Å². The van der Waals surface area contributed by atoms with Crippen LogP contribution in [-0.2, 0) is 0 Å². The summed E-state index contributed by atoms with van der Waals surface area (Å²) in [5.74, 6) is 1.53. The fourth-order valence-corrected chi connectivity index (χ4v) is 3.47. The highest BCUT2D eigenvalue weighted by Gasteiger charge is 2.34. The number of hydrogen-bond acceptors (Lipinski definition) is 3. The lowest BCUT2D eigenvalue weighted by Gasteiger charge is -2.43. The lowest BCUT2D eigenvalue weighted by Crippen LogP contribution is -2.55. The summed E-state index contributed by atoms with van der Waals surface area (Å²) in [5.41, 5.74) is 5.92. The SMILES string of the molecule is CC1CC(C2NC(C)CCC2CN)CCN1. The molecule has 2 saturated heterocycles. The molecule has 3 heteroatoms.